The molecule has 2 aromatic carbocycles. The molecule has 1 aliphatic rings. The van der Waals surface area contributed by atoms with E-state index in [0.29, 0.717) is 0 Å². The lowest BCUT2D eigenvalue weighted by atomic mass is 10.0. The van der Waals surface area contributed by atoms with Crippen LogP contribution >= 0.6 is 11.6 Å². The van der Waals surface area contributed by atoms with E-state index in [0.717, 1.165) is 11.0 Å². The standard InChI is InChI=1S/C17H13ClF2N2O2/c18-11-5-3-7-13(20)14(11)17(24)22-9-8-21-16(23)15(22)10-4-1-2-6-12(10)19/h1-7,15H,8-9H2,(H,21,23). The fourth-order valence-corrected chi connectivity index (χ4v) is 2.98. The Morgan fingerprint density at radius 1 is 1.12 bits per heavy atom. The van der Waals surface area contributed by atoms with E-state index in [4.69, 9.17) is 11.6 Å². The van der Waals surface area contributed by atoms with Crippen molar-refractivity contribution >= 4 is 23.4 Å². The largest absolute Gasteiger partial charge is 0.352 e. The normalized spacial score (nSPS) is 17.5. The van der Waals surface area contributed by atoms with Gasteiger partial charge in [-0.25, -0.2) is 8.78 Å². The lowest BCUT2D eigenvalue weighted by Crippen LogP contribution is -2.52. The summed E-state index contributed by atoms with van der Waals surface area (Å²) in [4.78, 5) is 26.2. The third-order valence-corrected chi connectivity index (χ3v) is 4.16. The van der Waals surface area contributed by atoms with E-state index in [1.54, 1.807) is 6.07 Å². The number of amides is 2. The number of piperazine rings is 1. The summed E-state index contributed by atoms with van der Waals surface area (Å²) in [5, 5.41) is 2.54. The molecule has 4 nitrogen and oxygen atoms in total. The second-order valence-electron chi connectivity index (χ2n) is 5.31. The third-order valence-electron chi connectivity index (χ3n) is 3.85. The first-order valence-corrected chi connectivity index (χ1v) is 7.65. The predicted molar refractivity (Wildman–Crippen MR) is 84.6 cm³/mol. The Morgan fingerprint density at radius 3 is 2.54 bits per heavy atom. The van der Waals surface area contributed by atoms with E-state index in [2.05, 4.69) is 5.32 Å². The molecule has 1 unspecified atom stereocenters. The molecule has 1 N–H and O–H groups in total. The van der Waals surface area contributed by atoms with Gasteiger partial charge in [-0.15, -0.1) is 0 Å². The number of halogens is 3. The fraction of sp³-hybridized carbons (Fsp3) is 0.176. The van der Waals surface area contributed by atoms with E-state index in [1.807, 2.05) is 0 Å². The number of carbonyl (C=O) groups excluding carboxylic acids is 2. The smallest absolute Gasteiger partial charge is 0.259 e. The quantitative estimate of drug-likeness (QED) is 0.905. The molecule has 0 spiro atoms. The maximum Gasteiger partial charge on any atom is 0.259 e. The molecule has 2 amide bonds. The highest BCUT2D eigenvalue weighted by Gasteiger charge is 2.37. The monoisotopic (exact) mass is 350 g/mol. The van der Waals surface area contributed by atoms with Crippen LogP contribution in [0, 0.1) is 11.6 Å². The van der Waals surface area contributed by atoms with Crippen LogP contribution in [-0.2, 0) is 4.79 Å². The number of hydrogen-bond acceptors (Lipinski definition) is 2. The molecule has 1 saturated heterocycles. The maximum atomic E-state index is 14.1. The number of benzene rings is 2. The van der Waals surface area contributed by atoms with Crippen LogP contribution in [0.4, 0.5) is 8.78 Å². The minimum Gasteiger partial charge on any atom is -0.352 e. The summed E-state index contributed by atoms with van der Waals surface area (Å²) < 4.78 is 28.2. The van der Waals surface area contributed by atoms with Gasteiger partial charge in [-0.3, -0.25) is 9.59 Å². The van der Waals surface area contributed by atoms with Gasteiger partial charge in [0.15, 0.2) is 0 Å². The zero-order valence-corrected chi connectivity index (χ0v) is 13.2. The highest BCUT2D eigenvalue weighted by Crippen LogP contribution is 2.29. The molecule has 2 aromatic rings. The molecular formula is C17H13ClF2N2O2. The highest BCUT2D eigenvalue weighted by atomic mass is 35.5. The topological polar surface area (TPSA) is 49.4 Å². The van der Waals surface area contributed by atoms with E-state index in [-0.39, 0.29) is 29.2 Å². The van der Waals surface area contributed by atoms with Gasteiger partial charge in [0.1, 0.15) is 17.7 Å². The average Bonchev–Trinajstić information content (AvgIpc) is 2.55. The Bertz CT molecular complexity index is 793. The summed E-state index contributed by atoms with van der Waals surface area (Å²) >= 11 is 5.94. The van der Waals surface area contributed by atoms with Crippen LogP contribution in [0.5, 0.6) is 0 Å². The summed E-state index contributed by atoms with van der Waals surface area (Å²) in [7, 11) is 0. The maximum absolute atomic E-state index is 14.1. The van der Waals surface area contributed by atoms with Crippen LogP contribution in [-0.4, -0.2) is 29.8 Å². The first kappa shape index (κ1) is 16.4. The van der Waals surface area contributed by atoms with Gasteiger partial charge >= 0.3 is 0 Å². The first-order valence-electron chi connectivity index (χ1n) is 7.28. The minimum absolute atomic E-state index is 0.0514. The first-order chi connectivity index (χ1) is 11.5. The van der Waals surface area contributed by atoms with Gasteiger partial charge in [-0.2, -0.15) is 0 Å². The zero-order valence-electron chi connectivity index (χ0n) is 12.4. The molecule has 0 aromatic heterocycles. The molecule has 0 saturated carbocycles. The number of nitrogens with one attached hydrogen (secondary N) is 1. The van der Waals surface area contributed by atoms with Crippen LogP contribution in [0.25, 0.3) is 0 Å². The van der Waals surface area contributed by atoms with Gasteiger partial charge in [0.05, 0.1) is 10.6 Å². The van der Waals surface area contributed by atoms with Crippen molar-refractivity contribution < 1.29 is 18.4 Å². The van der Waals surface area contributed by atoms with Crippen molar-refractivity contribution in [3.8, 4) is 0 Å². The van der Waals surface area contributed by atoms with E-state index in [9.17, 15) is 18.4 Å². The lowest BCUT2D eigenvalue weighted by molar-refractivity contribution is -0.128. The third kappa shape index (κ3) is 2.85. The SMILES string of the molecule is O=C1NCCN(C(=O)c2c(F)cccc2Cl)C1c1ccccc1F. The van der Waals surface area contributed by atoms with Gasteiger partial charge in [0.2, 0.25) is 5.91 Å². The number of hydrogen-bond donors (Lipinski definition) is 1. The Hall–Kier alpha value is -2.47. The van der Waals surface area contributed by atoms with E-state index < -0.39 is 29.5 Å². The summed E-state index contributed by atoms with van der Waals surface area (Å²) in [6.45, 7) is 0.315. The number of rotatable bonds is 2. The fourth-order valence-electron chi connectivity index (χ4n) is 2.74. The molecule has 7 heteroatoms. The molecule has 3 rings (SSSR count). The molecule has 1 fully saturated rings. The molecule has 24 heavy (non-hydrogen) atoms. The Morgan fingerprint density at radius 2 is 1.83 bits per heavy atom. The van der Waals surface area contributed by atoms with Gasteiger partial charge in [0, 0.05) is 18.7 Å². The van der Waals surface area contributed by atoms with Crippen LogP contribution in [0.2, 0.25) is 5.02 Å². The van der Waals surface area contributed by atoms with Crippen molar-refractivity contribution in [1.29, 1.82) is 0 Å². The van der Waals surface area contributed by atoms with Gasteiger partial charge in [0.25, 0.3) is 5.91 Å². The Labute approximate surface area is 142 Å². The molecule has 1 atom stereocenters. The van der Waals surface area contributed by atoms with Crippen molar-refractivity contribution in [3.63, 3.8) is 0 Å². The molecule has 124 valence electrons. The second-order valence-corrected chi connectivity index (χ2v) is 5.72. The zero-order chi connectivity index (χ0) is 17.3. The second kappa shape index (κ2) is 6.57. The van der Waals surface area contributed by atoms with Crippen LogP contribution in [0.3, 0.4) is 0 Å². The van der Waals surface area contributed by atoms with Gasteiger partial charge < -0.3 is 10.2 Å². The molecule has 0 bridgehead atoms. The van der Waals surface area contributed by atoms with E-state index in [1.165, 1.54) is 30.3 Å². The molecular weight excluding hydrogens is 338 g/mol. The molecule has 1 heterocycles. The summed E-state index contributed by atoms with van der Waals surface area (Å²) in [5.74, 6) is -2.67. The van der Waals surface area contributed by atoms with Gasteiger partial charge in [-0.1, -0.05) is 35.9 Å². The molecule has 0 radical (unpaired) electrons. The van der Waals surface area contributed by atoms with Crippen LogP contribution < -0.4 is 5.32 Å². The molecule has 0 aliphatic carbocycles. The number of carbonyl (C=O) groups is 2. The summed E-state index contributed by atoms with van der Waals surface area (Å²) in [5.41, 5.74) is -0.272. The van der Waals surface area contributed by atoms with Crippen LogP contribution in [0.1, 0.15) is 22.0 Å². The Balaban J connectivity index is 2.06. The number of nitrogens with zero attached hydrogens (tertiary/aromatic N) is 1. The minimum atomic E-state index is -1.18. The van der Waals surface area contributed by atoms with Crippen molar-refractivity contribution in [1.82, 2.24) is 10.2 Å². The van der Waals surface area contributed by atoms with Crippen molar-refractivity contribution in [3.05, 3.63) is 70.2 Å². The predicted octanol–water partition coefficient (Wildman–Crippen LogP) is 2.93. The summed E-state index contributed by atoms with van der Waals surface area (Å²) in [6, 6.07) is 8.39. The van der Waals surface area contributed by atoms with Crippen LogP contribution in [0.15, 0.2) is 42.5 Å². The summed E-state index contributed by atoms with van der Waals surface area (Å²) in [6.07, 6.45) is 0. The Kier molecular flexibility index (Phi) is 4.49. The lowest BCUT2D eigenvalue weighted by Gasteiger charge is -2.35. The van der Waals surface area contributed by atoms with E-state index >= 15 is 0 Å². The van der Waals surface area contributed by atoms with Gasteiger partial charge in [-0.05, 0) is 18.2 Å². The van der Waals surface area contributed by atoms with Crippen molar-refractivity contribution in [2.45, 2.75) is 6.04 Å². The average molecular weight is 351 g/mol. The highest BCUT2D eigenvalue weighted by molar-refractivity contribution is 6.33. The molecule has 1 aliphatic heterocycles. The van der Waals surface area contributed by atoms with Crippen molar-refractivity contribution in [2.75, 3.05) is 13.1 Å². The van der Waals surface area contributed by atoms with Crippen molar-refractivity contribution in [2.24, 2.45) is 0 Å².